The van der Waals surface area contributed by atoms with Crippen LogP contribution in [0.1, 0.15) is 5.56 Å². The molecular weight excluding hydrogens is 416 g/mol. The summed E-state index contributed by atoms with van der Waals surface area (Å²) in [6.07, 6.45) is -4.59. The van der Waals surface area contributed by atoms with Gasteiger partial charge in [0.2, 0.25) is 0 Å². The van der Waals surface area contributed by atoms with E-state index < -0.39 is 32.5 Å². The lowest BCUT2D eigenvalue weighted by molar-refractivity contribution is -0.137. The number of nitrogens with one attached hydrogen (secondary N) is 2. The average molecular weight is 427 g/mol. The molecule has 2 aromatic rings. The molecular formula is C15H11Cl2F3N2O3S. The van der Waals surface area contributed by atoms with Gasteiger partial charge in [0.25, 0.3) is 15.9 Å². The number of hydrogen-bond donors (Lipinski definition) is 2. The Balaban J connectivity index is 2.19. The van der Waals surface area contributed by atoms with Crippen molar-refractivity contribution in [2.45, 2.75) is 15.9 Å². The van der Waals surface area contributed by atoms with Crippen molar-refractivity contribution in [2.75, 3.05) is 10.0 Å². The molecule has 0 unspecified atom stereocenters. The molecule has 11 heteroatoms. The molecule has 0 fully saturated rings. The van der Waals surface area contributed by atoms with E-state index in [0.717, 1.165) is 12.1 Å². The van der Waals surface area contributed by atoms with Gasteiger partial charge < -0.3 is 5.32 Å². The Morgan fingerprint density at radius 1 is 1.00 bits per heavy atom. The van der Waals surface area contributed by atoms with Crippen molar-refractivity contribution in [1.82, 2.24) is 0 Å². The maximum Gasteiger partial charge on any atom is 0.416 e. The summed E-state index contributed by atoms with van der Waals surface area (Å²) < 4.78 is 64.7. The van der Waals surface area contributed by atoms with Crippen LogP contribution in [0.15, 0.2) is 53.4 Å². The summed E-state index contributed by atoms with van der Waals surface area (Å²) in [5.41, 5.74) is -0.962. The number of anilines is 2. The molecule has 0 atom stereocenters. The number of rotatable bonds is 5. The first-order valence-corrected chi connectivity index (χ1v) is 9.24. The predicted octanol–water partition coefficient (Wildman–Crippen LogP) is 4.25. The smallest absolute Gasteiger partial charge is 0.324 e. The van der Waals surface area contributed by atoms with Gasteiger partial charge in [0.1, 0.15) is 0 Å². The Labute approximate surface area is 157 Å². The van der Waals surface area contributed by atoms with Crippen LogP contribution in [0.3, 0.4) is 0 Å². The molecule has 0 bridgehead atoms. The lowest BCUT2D eigenvalue weighted by Crippen LogP contribution is -2.18. The van der Waals surface area contributed by atoms with Gasteiger partial charge in [0.05, 0.1) is 10.5 Å². The van der Waals surface area contributed by atoms with Crippen LogP contribution in [0.25, 0.3) is 0 Å². The summed E-state index contributed by atoms with van der Waals surface area (Å²) in [5, 5.41) is 2.35. The first kappa shape index (κ1) is 20.3. The van der Waals surface area contributed by atoms with Crippen LogP contribution in [0, 0.1) is 0 Å². The number of hydrogen-bond acceptors (Lipinski definition) is 3. The summed E-state index contributed by atoms with van der Waals surface area (Å²) in [6, 6.07) is 8.72. The molecule has 0 aliphatic heterocycles. The Morgan fingerprint density at radius 3 is 2.15 bits per heavy atom. The van der Waals surface area contributed by atoms with Gasteiger partial charge in [-0.3, -0.25) is 9.52 Å². The number of carbonyl (C=O) groups excluding carboxylic acids is 1. The molecule has 0 aliphatic carbocycles. The molecule has 1 amide bonds. The highest BCUT2D eigenvalue weighted by molar-refractivity contribution is 7.92. The van der Waals surface area contributed by atoms with Crippen LogP contribution in [-0.2, 0) is 21.0 Å². The zero-order valence-electron chi connectivity index (χ0n) is 12.7. The minimum Gasteiger partial charge on any atom is -0.324 e. The van der Waals surface area contributed by atoms with E-state index in [-0.39, 0.29) is 16.3 Å². The van der Waals surface area contributed by atoms with Crippen molar-refractivity contribution in [2.24, 2.45) is 0 Å². The Kier molecular flexibility index (Phi) is 6.05. The summed E-state index contributed by atoms with van der Waals surface area (Å²) in [4.78, 5) is 9.85. The molecule has 0 radical (unpaired) electrons. The summed E-state index contributed by atoms with van der Waals surface area (Å²) >= 11 is 10.8. The van der Waals surface area contributed by atoms with E-state index in [4.69, 9.17) is 23.2 Å². The molecule has 0 spiro atoms. The molecule has 0 heterocycles. The van der Waals surface area contributed by atoms with Crippen molar-refractivity contribution in [1.29, 1.82) is 0 Å². The third kappa shape index (κ3) is 5.26. The van der Waals surface area contributed by atoms with E-state index in [1.165, 1.54) is 30.3 Å². The lowest BCUT2D eigenvalue weighted by Gasteiger charge is -2.12. The average Bonchev–Trinajstić information content (AvgIpc) is 2.54. The van der Waals surface area contributed by atoms with Crippen LogP contribution < -0.4 is 10.0 Å². The maximum atomic E-state index is 12.7. The number of carbonyl (C=O) groups is 1. The van der Waals surface area contributed by atoms with E-state index in [1.54, 1.807) is 0 Å². The van der Waals surface area contributed by atoms with Crippen LogP contribution in [-0.4, -0.2) is 19.2 Å². The Morgan fingerprint density at radius 2 is 1.62 bits per heavy atom. The molecule has 26 heavy (non-hydrogen) atoms. The van der Waals surface area contributed by atoms with Crippen molar-refractivity contribution in [3.63, 3.8) is 0 Å². The number of benzene rings is 2. The van der Waals surface area contributed by atoms with E-state index in [1.807, 2.05) is 0 Å². The van der Waals surface area contributed by atoms with Crippen LogP contribution in [0.4, 0.5) is 24.5 Å². The summed E-state index contributed by atoms with van der Waals surface area (Å²) in [5.74, 6) is -0.689. The minimum atomic E-state index is -4.59. The predicted molar refractivity (Wildman–Crippen MR) is 92.8 cm³/mol. The minimum absolute atomic E-state index is 0.207. The van der Waals surface area contributed by atoms with Crippen LogP contribution in [0.5, 0.6) is 0 Å². The summed E-state index contributed by atoms with van der Waals surface area (Å²) in [7, 11) is -4.12. The van der Waals surface area contributed by atoms with Crippen LogP contribution in [0.2, 0.25) is 0 Å². The van der Waals surface area contributed by atoms with Crippen molar-refractivity contribution >= 4 is 50.5 Å². The first-order chi connectivity index (χ1) is 12.0. The molecule has 0 saturated heterocycles. The first-order valence-electron chi connectivity index (χ1n) is 6.88. The van der Waals surface area contributed by atoms with Gasteiger partial charge in [0, 0.05) is 11.4 Å². The normalized spacial score (nSPS) is 12.1. The number of amides is 1. The third-order valence-corrected chi connectivity index (χ3v) is 4.87. The third-order valence-electron chi connectivity index (χ3n) is 3.07. The fourth-order valence-electron chi connectivity index (χ4n) is 1.89. The highest BCUT2D eigenvalue weighted by atomic mass is 35.5. The number of sulfonamides is 1. The zero-order valence-corrected chi connectivity index (χ0v) is 15.0. The van der Waals surface area contributed by atoms with Gasteiger partial charge in [-0.05, 0) is 42.5 Å². The topological polar surface area (TPSA) is 75.3 Å². The van der Waals surface area contributed by atoms with Gasteiger partial charge >= 0.3 is 6.18 Å². The lowest BCUT2D eigenvalue weighted by atomic mass is 10.2. The second-order valence-corrected chi connectivity index (χ2v) is 7.78. The van der Waals surface area contributed by atoms with E-state index in [2.05, 4.69) is 10.0 Å². The van der Waals surface area contributed by atoms with Gasteiger partial charge in [-0.15, -0.1) is 0 Å². The van der Waals surface area contributed by atoms with Gasteiger partial charge in [-0.2, -0.15) is 13.2 Å². The van der Waals surface area contributed by atoms with E-state index in [0.29, 0.717) is 6.07 Å². The molecule has 140 valence electrons. The summed E-state index contributed by atoms with van der Waals surface area (Å²) in [6.45, 7) is 0. The largest absolute Gasteiger partial charge is 0.416 e. The standard InChI is InChI=1S/C15H11Cl2F3N2O3S/c16-13(17)14(23)21-10-4-6-12(7-5-10)26(24,25)22-11-3-1-2-9(8-11)15(18,19)20/h1-8,13,22H,(H,21,23). The van der Waals surface area contributed by atoms with E-state index >= 15 is 0 Å². The number of halogens is 5. The SMILES string of the molecule is O=C(Nc1ccc(S(=O)(=O)Nc2cccc(C(F)(F)F)c2)cc1)C(Cl)Cl. The maximum absolute atomic E-state index is 12.7. The molecule has 2 rings (SSSR count). The van der Waals surface area contributed by atoms with Crippen LogP contribution >= 0.6 is 23.2 Å². The highest BCUT2D eigenvalue weighted by Gasteiger charge is 2.30. The quantitative estimate of drug-likeness (QED) is 0.701. The molecule has 0 saturated carbocycles. The monoisotopic (exact) mass is 426 g/mol. The van der Waals surface area contributed by atoms with Crippen molar-refractivity contribution in [3.05, 3.63) is 54.1 Å². The molecule has 2 aromatic carbocycles. The number of alkyl halides is 5. The fraction of sp³-hybridized carbons (Fsp3) is 0.133. The van der Waals surface area contributed by atoms with Crippen molar-refractivity contribution < 1.29 is 26.4 Å². The van der Waals surface area contributed by atoms with Crippen molar-refractivity contribution in [3.8, 4) is 0 Å². The fourth-order valence-corrected chi connectivity index (χ4v) is 3.05. The molecule has 5 nitrogen and oxygen atoms in total. The second-order valence-electron chi connectivity index (χ2n) is 5.00. The van der Waals surface area contributed by atoms with Gasteiger partial charge in [-0.1, -0.05) is 29.3 Å². The van der Waals surface area contributed by atoms with Gasteiger partial charge in [0.15, 0.2) is 4.84 Å². The Hall–Kier alpha value is -1.97. The second kappa shape index (κ2) is 7.73. The van der Waals surface area contributed by atoms with E-state index in [9.17, 15) is 26.4 Å². The Bertz CT molecular complexity index is 901. The van der Waals surface area contributed by atoms with Gasteiger partial charge in [-0.25, -0.2) is 8.42 Å². The molecule has 0 aliphatic rings. The highest BCUT2D eigenvalue weighted by Crippen LogP contribution is 2.31. The molecule has 2 N–H and O–H groups in total. The zero-order chi connectivity index (χ0) is 19.5. The molecule has 0 aromatic heterocycles.